The molecule has 1 aliphatic carbocycles. The first-order valence-electron chi connectivity index (χ1n) is 12.0. The molecule has 1 aromatic heterocycles. The predicted molar refractivity (Wildman–Crippen MR) is 140 cm³/mol. The van der Waals surface area contributed by atoms with E-state index in [0.29, 0.717) is 0 Å². The Bertz CT molecular complexity index is 1500. The molecule has 0 spiro atoms. The molecule has 166 valence electrons. The molecule has 1 aliphatic rings. The van der Waals surface area contributed by atoms with Crippen molar-refractivity contribution in [3.63, 3.8) is 0 Å². The van der Waals surface area contributed by atoms with Crippen molar-refractivity contribution >= 4 is 16.5 Å². The normalized spacial score (nSPS) is 14.9. The van der Waals surface area contributed by atoms with Crippen molar-refractivity contribution in [3.05, 3.63) is 137 Å². The van der Waals surface area contributed by atoms with Crippen molar-refractivity contribution < 1.29 is 5.21 Å². The largest absolute Gasteiger partial charge is 0.428 e. The van der Waals surface area contributed by atoms with Gasteiger partial charge in [-0.3, -0.25) is 0 Å². The Morgan fingerprint density at radius 3 is 2.03 bits per heavy atom. The standard InChI is InChI=1S/C32H27NO/c1-22-30-26(18-17-23-11-5-2-6-12-23)21-28(25-15-9-4-10-16-25)31-27(24-13-7-3-8-14-24)19-20-29(32(30)31)33(22)34/h2-16,19-21,26,34H,17-18H2,1H3. The van der Waals surface area contributed by atoms with Crippen molar-refractivity contribution in [2.45, 2.75) is 25.7 Å². The lowest BCUT2D eigenvalue weighted by molar-refractivity contribution is 0.193. The first-order chi connectivity index (χ1) is 16.7. The number of benzene rings is 4. The molecule has 34 heavy (non-hydrogen) atoms. The summed E-state index contributed by atoms with van der Waals surface area (Å²) in [6.07, 6.45) is 4.43. The minimum Gasteiger partial charge on any atom is -0.428 e. The lowest BCUT2D eigenvalue weighted by Crippen LogP contribution is -2.08. The Kier molecular flexibility index (Phi) is 5.07. The van der Waals surface area contributed by atoms with Crippen molar-refractivity contribution in [2.24, 2.45) is 0 Å². The van der Waals surface area contributed by atoms with Crippen LogP contribution in [0.3, 0.4) is 0 Å². The van der Waals surface area contributed by atoms with E-state index in [0.717, 1.165) is 24.1 Å². The van der Waals surface area contributed by atoms with Crippen LogP contribution in [0.4, 0.5) is 0 Å². The van der Waals surface area contributed by atoms with Crippen LogP contribution in [-0.2, 0) is 6.42 Å². The van der Waals surface area contributed by atoms with Gasteiger partial charge in [-0.1, -0.05) is 103 Å². The number of aromatic nitrogens is 1. The summed E-state index contributed by atoms with van der Waals surface area (Å²) in [5.41, 5.74) is 10.5. The minimum atomic E-state index is 0.227. The van der Waals surface area contributed by atoms with Gasteiger partial charge in [-0.2, -0.15) is 4.73 Å². The van der Waals surface area contributed by atoms with E-state index in [2.05, 4.69) is 109 Å². The second kappa shape index (κ2) is 8.39. The lowest BCUT2D eigenvalue weighted by atomic mass is 9.77. The zero-order valence-electron chi connectivity index (χ0n) is 19.3. The molecule has 4 aromatic carbocycles. The summed E-state index contributed by atoms with van der Waals surface area (Å²) in [6.45, 7) is 2.04. The number of allylic oxidation sites excluding steroid dienone is 1. The molecule has 1 N–H and O–H groups in total. The first-order valence-corrected chi connectivity index (χ1v) is 12.0. The Hall–Kier alpha value is -4.04. The van der Waals surface area contributed by atoms with Crippen molar-refractivity contribution in [3.8, 4) is 11.1 Å². The van der Waals surface area contributed by atoms with Gasteiger partial charge in [0.2, 0.25) is 0 Å². The third kappa shape index (κ3) is 3.34. The third-order valence-electron chi connectivity index (χ3n) is 7.15. The van der Waals surface area contributed by atoms with Crippen LogP contribution < -0.4 is 0 Å². The smallest absolute Gasteiger partial charge is 0.0878 e. The number of hydrogen-bond acceptors (Lipinski definition) is 1. The Labute approximate surface area is 200 Å². The quantitative estimate of drug-likeness (QED) is 0.275. The van der Waals surface area contributed by atoms with Gasteiger partial charge in [0.25, 0.3) is 0 Å². The molecule has 5 aromatic rings. The van der Waals surface area contributed by atoms with Gasteiger partial charge in [-0.05, 0) is 64.8 Å². The fourth-order valence-corrected chi connectivity index (χ4v) is 5.53. The summed E-state index contributed by atoms with van der Waals surface area (Å²) in [4.78, 5) is 0. The maximum absolute atomic E-state index is 11.1. The molecule has 1 heterocycles. The van der Waals surface area contributed by atoms with E-state index in [1.54, 1.807) is 0 Å². The molecule has 0 amide bonds. The average Bonchev–Trinajstić information content (AvgIpc) is 3.16. The molecule has 0 saturated heterocycles. The molecule has 0 saturated carbocycles. The van der Waals surface area contributed by atoms with Gasteiger partial charge >= 0.3 is 0 Å². The van der Waals surface area contributed by atoms with Crippen molar-refractivity contribution in [1.29, 1.82) is 0 Å². The molecule has 1 unspecified atom stereocenters. The van der Waals surface area contributed by atoms with Crippen molar-refractivity contribution in [2.75, 3.05) is 0 Å². The van der Waals surface area contributed by atoms with E-state index < -0.39 is 0 Å². The topological polar surface area (TPSA) is 25.2 Å². The average molecular weight is 442 g/mol. The number of hydrogen-bond donors (Lipinski definition) is 1. The monoisotopic (exact) mass is 441 g/mol. The molecule has 2 heteroatoms. The van der Waals surface area contributed by atoms with Crippen LogP contribution >= 0.6 is 0 Å². The maximum Gasteiger partial charge on any atom is 0.0878 e. The van der Waals surface area contributed by atoms with Crippen LogP contribution in [-0.4, -0.2) is 9.94 Å². The highest BCUT2D eigenvalue weighted by Crippen LogP contribution is 2.48. The van der Waals surface area contributed by atoms with Crippen LogP contribution in [0.1, 0.15) is 40.3 Å². The molecule has 0 aliphatic heterocycles. The Morgan fingerprint density at radius 1 is 0.735 bits per heavy atom. The summed E-state index contributed by atoms with van der Waals surface area (Å²) in [5.74, 6) is 0.227. The van der Waals surface area contributed by atoms with Crippen LogP contribution in [0.25, 0.3) is 27.6 Å². The summed E-state index contributed by atoms with van der Waals surface area (Å²) < 4.78 is 1.39. The minimum absolute atomic E-state index is 0.227. The number of rotatable bonds is 5. The molecule has 6 rings (SSSR count). The molecule has 0 bridgehead atoms. The van der Waals surface area contributed by atoms with Gasteiger partial charge in [-0.25, -0.2) is 0 Å². The highest BCUT2D eigenvalue weighted by atomic mass is 16.5. The molecule has 0 fully saturated rings. The van der Waals surface area contributed by atoms with Gasteiger partial charge in [0.05, 0.1) is 11.2 Å². The van der Waals surface area contributed by atoms with E-state index >= 15 is 0 Å². The van der Waals surface area contributed by atoms with Gasteiger partial charge in [-0.15, -0.1) is 0 Å². The molecule has 1 atom stereocenters. The van der Waals surface area contributed by atoms with Gasteiger partial charge in [0.15, 0.2) is 0 Å². The van der Waals surface area contributed by atoms with E-state index in [4.69, 9.17) is 0 Å². The zero-order valence-corrected chi connectivity index (χ0v) is 19.3. The second-order valence-electron chi connectivity index (χ2n) is 9.14. The summed E-state index contributed by atoms with van der Waals surface area (Å²) in [6, 6.07) is 36.2. The molecule has 0 radical (unpaired) electrons. The van der Waals surface area contributed by atoms with E-state index in [9.17, 15) is 5.21 Å². The van der Waals surface area contributed by atoms with E-state index in [1.165, 1.54) is 49.1 Å². The Morgan fingerprint density at radius 2 is 1.35 bits per heavy atom. The van der Waals surface area contributed by atoms with Crippen LogP contribution in [0.15, 0.2) is 109 Å². The molecular formula is C32H27NO. The first kappa shape index (κ1) is 20.6. The van der Waals surface area contributed by atoms with Gasteiger partial charge in [0.1, 0.15) is 0 Å². The van der Waals surface area contributed by atoms with Crippen molar-refractivity contribution in [1.82, 2.24) is 4.73 Å². The Balaban J connectivity index is 1.60. The van der Waals surface area contributed by atoms with Gasteiger partial charge < -0.3 is 5.21 Å². The molecule has 2 nitrogen and oxygen atoms in total. The lowest BCUT2D eigenvalue weighted by Gasteiger charge is -2.25. The zero-order chi connectivity index (χ0) is 23.1. The SMILES string of the molecule is Cc1c2c3c(c(-c4ccccc4)ccc3n1O)C(c1ccccc1)=CC2CCc1ccccc1. The molecular weight excluding hydrogens is 414 g/mol. The van der Waals surface area contributed by atoms with Gasteiger partial charge in [0, 0.05) is 11.3 Å². The van der Waals surface area contributed by atoms with Crippen LogP contribution in [0.5, 0.6) is 0 Å². The van der Waals surface area contributed by atoms with Crippen LogP contribution in [0, 0.1) is 6.92 Å². The second-order valence-corrected chi connectivity index (χ2v) is 9.14. The van der Waals surface area contributed by atoms with E-state index in [1.807, 2.05) is 6.92 Å². The summed E-state index contributed by atoms with van der Waals surface area (Å²) in [7, 11) is 0. The predicted octanol–water partition coefficient (Wildman–Crippen LogP) is 8.02. The third-order valence-corrected chi connectivity index (χ3v) is 7.15. The van der Waals surface area contributed by atoms with Crippen LogP contribution in [0.2, 0.25) is 0 Å². The highest BCUT2D eigenvalue weighted by molar-refractivity contribution is 6.07. The fourth-order valence-electron chi connectivity index (χ4n) is 5.53. The summed E-state index contributed by atoms with van der Waals surface area (Å²) >= 11 is 0. The summed E-state index contributed by atoms with van der Waals surface area (Å²) in [5, 5.41) is 12.3. The highest BCUT2D eigenvalue weighted by Gasteiger charge is 2.30. The fraction of sp³-hybridized carbons (Fsp3) is 0.125. The van der Waals surface area contributed by atoms with E-state index in [-0.39, 0.29) is 5.92 Å². The number of nitrogens with zero attached hydrogens (tertiary/aromatic N) is 1. The maximum atomic E-state index is 11.1. The number of aryl methyl sites for hydroxylation is 1.